The van der Waals surface area contributed by atoms with Crippen molar-refractivity contribution >= 4 is 21.6 Å². The van der Waals surface area contributed by atoms with E-state index in [4.69, 9.17) is 4.74 Å². The number of anilines is 1. The number of carbonyl (C=O) groups excluding carboxylic acids is 1. The lowest BCUT2D eigenvalue weighted by Gasteiger charge is -2.35. The molecular weight excluding hydrogens is 421 g/mol. The highest BCUT2D eigenvalue weighted by atomic mass is 32.2. The zero-order chi connectivity index (χ0) is 22.3. The van der Waals surface area contributed by atoms with Gasteiger partial charge >= 0.3 is 0 Å². The molecule has 1 amide bonds. The van der Waals surface area contributed by atoms with Crippen molar-refractivity contribution in [2.45, 2.75) is 13.3 Å². The molecule has 1 aliphatic rings. The van der Waals surface area contributed by atoms with Gasteiger partial charge in [0.05, 0.1) is 18.0 Å². The predicted molar refractivity (Wildman–Crippen MR) is 119 cm³/mol. The van der Waals surface area contributed by atoms with E-state index in [2.05, 4.69) is 5.32 Å². The highest BCUT2D eigenvalue weighted by molar-refractivity contribution is 7.89. The van der Waals surface area contributed by atoms with Crippen molar-refractivity contribution in [3.05, 3.63) is 59.9 Å². The molecule has 0 unspecified atom stereocenters. The molecule has 2 aromatic rings. The summed E-state index contributed by atoms with van der Waals surface area (Å²) in [6.07, 6.45) is 0.318. The number of ether oxygens (including phenoxy) is 1. The monoisotopic (exact) mass is 449 g/mol. The van der Waals surface area contributed by atoms with Crippen LogP contribution in [0.25, 0.3) is 0 Å². The number of hydrogen-bond acceptors (Lipinski definition) is 5. The molecule has 1 fully saturated rings. The number of amides is 1. The van der Waals surface area contributed by atoms with Crippen LogP contribution in [0.4, 0.5) is 10.1 Å². The summed E-state index contributed by atoms with van der Waals surface area (Å²) in [6, 6.07) is 13.3. The standard InChI is InChI=1S/C22H28FN3O4S/c1-2-30-19-10-8-18(9-11-19)22(27)24-12-5-17-31(28,29)26-15-13-25(14-16-26)21-7-4-3-6-20(21)23/h3-4,6-11H,2,5,12-17H2,1H3,(H,24,27). The molecule has 0 spiro atoms. The summed E-state index contributed by atoms with van der Waals surface area (Å²) < 4.78 is 46.0. The molecule has 0 aliphatic carbocycles. The van der Waals surface area contributed by atoms with Gasteiger partial charge in [-0.15, -0.1) is 0 Å². The molecule has 0 saturated carbocycles. The van der Waals surface area contributed by atoms with Crippen molar-refractivity contribution in [3.63, 3.8) is 0 Å². The Labute approximate surface area is 182 Å². The van der Waals surface area contributed by atoms with Crippen LogP contribution in [0.2, 0.25) is 0 Å². The lowest BCUT2D eigenvalue weighted by atomic mass is 10.2. The normalized spacial score (nSPS) is 15.0. The SMILES string of the molecule is CCOc1ccc(C(=O)NCCCS(=O)(=O)N2CCN(c3ccccc3F)CC2)cc1. The van der Waals surface area contributed by atoms with E-state index in [0.29, 0.717) is 56.2 Å². The Morgan fingerprint density at radius 3 is 2.39 bits per heavy atom. The highest BCUT2D eigenvalue weighted by Gasteiger charge is 2.27. The average Bonchev–Trinajstić information content (AvgIpc) is 2.78. The van der Waals surface area contributed by atoms with Gasteiger partial charge in [-0.2, -0.15) is 4.31 Å². The molecule has 0 atom stereocenters. The largest absolute Gasteiger partial charge is 0.494 e. The number of rotatable bonds is 9. The third-order valence-electron chi connectivity index (χ3n) is 5.12. The minimum Gasteiger partial charge on any atom is -0.494 e. The van der Waals surface area contributed by atoms with Crippen molar-refractivity contribution in [3.8, 4) is 5.75 Å². The second-order valence-corrected chi connectivity index (χ2v) is 9.31. The first-order chi connectivity index (χ1) is 14.9. The van der Waals surface area contributed by atoms with Gasteiger partial charge in [0.25, 0.3) is 5.91 Å². The van der Waals surface area contributed by atoms with Crippen LogP contribution in [0.15, 0.2) is 48.5 Å². The Bertz CT molecular complexity index is 975. The molecule has 1 saturated heterocycles. The number of nitrogens with one attached hydrogen (secondary N) is 1. The zero-order valence-electron chi connectivity index (χ0n) is 17.6. The van der Waals surface area contributed by atoms with Gasteiger partial charge in [-0.3, -0.25) is 4.79 Å². The maximum absolute atomic E-state index is 13.9. The fraction of sp³-hybridized carbons (Fsp3) is 0.409. The van der Waals surface area contributed by atoms with Crippen LogP contribution in [0.5, 0.6) is 5.75 Å². The average molecular weight is 450 g/mol. The molecule has 0 radical (unpaired) electrons. The van der Waals surface area contributed by atoms with E-state index in [1.807, 2.05) is 11.8 Å². The van der Waals surface area contributed by atoms with E-state index in [-0.39, 0.29) is 24.0 Å². The summed E-state index contributed by atoms with van der Waals surface area (Å²) in [6.45, 7) is 4.21. The first kappa shape index (κ1) is 23.0. The van der Waals surface area contributed by atoms with Crippen LogP contribution in [0, 0.1) is 5.82 Å². The van der Waals surface area contributed by atoms with E-state index >= 15 is 0 Å². The van der Waals surface area contributed by atoms with E-state index in [1.54, 1.807) is 42.5 Å². The third-order valence-corrected chi connectivity index (χ3v) is 7.07. The Kier molecular flexibility index (Phi) is 7.86. The smallest absolute Gasteiger partial charge is 0.251 e. The maximum Gasteiger partial charge on any atom is 0.251 e. The van der Waals surface area contributed by atoms with Gasteiger partial charge in [-0.05, 0) is 49.7 Å². The topological polar surface area (TPSA) is 78.9 Å². The van der Waals surface area contributed by atoms with Crippen molar-refractivity contribution in [2.75, 3.05) is 50.0 Å². The third kappa shape index (κ3) is 6.18. The highest BCUT2D eigenvalue weighted by Crippen LogP contribution is 2.21. The molecule has 9 heteroatoms. The molecule has 0 aromatic heterocycles. The number of carbonyl (C=O) groups is 1. The van der Waals surface area contributed by atoms with Gasteiger partial charge in [-0.1, -0.05) is 12.1 Å². The predicted octanol–water partition coefficient (Wildman–Crippen LogP) is 2.50. The molecule has 31 heavy (non-hydrogen) atoms. The summed E-state index contributed by atoms with van der Waals surface area (Å²) >= 11 is 0. The molecule has 168 valence electrons. The maximum atomic E-state index is 13.9. The minimum atomic E-state index is -3.43. The second kappa shape index (κ2) is 10.6. The quantitative estimate of drug-likeness (QED) is 0.595. The summed E-state index contributed by atoms with van der Waals surface area (Å²) in [4.78, 5) is 14.0. The molecule has 0 bridgehead atoms. The van der Waals surface area contributed by atoms with Crippen LogP contribution in [-0.2, 0) is 10.0 Å². The second-order valence-electron chi connectivity index (χ2n) is 7.22. The number of piperazine rings is 1. The van der Waals surface area contributed by atoms with E-state index in [9.17, 15) is 17.6 Å². The lowest BCUT2D eigenvalue weighted by molar-refractivity contribution is 0.0953. The van der Waals surface area contributed by atoms with Crippen molar-refractivity contribution in [1.29, 1.82) is 0 Å². The Hall–Kier alpha value is -2.65. The number of nitrogens with zero attached hydrogens (tertiary/aromatic N) is 2. The zero-order valence-corrected chi connectivity index (χ0v) is 18.4. The summed E-state index contributed by atoms with van der Waals surface area (Å²) in [7, 11) is -3.43. The van der Waals surface area contributed by atoms with Gasteiger partial charge in [-0.25, -0.2) is 12.8 Å². The van der Waals surface area contributed by atoms with Gasteiger partial charge < -0.3 is 15.0 Å². The lowest BCUT2D eigenvalue weighted by Crippen LogP contribution is -2.49. The number of sulfonamides is 1. The first-order valence-corrected chi connectivity index (χ1v) is 12.0. The van der Waals surface area contributed by atoms with Crippen molar-refractivity contribution in [2.24, 2.45) is 0 Å². The molecular formula is C22H28FN3O4S. The van der Waals surface area contributed by atoms with Crippen molar-refractivity contribution < 1.29 is 22.3 Å². The number of hydrogen-bond donors (Lipinski definition) is 1. The van der Waals surface area contributed by atoms with E-state index in [0.717, 1.165) is 0 Å². The molecule has 1 N–H and O–H groups in total. The molecule has 3 rings (SSSR count). The number of halogens is 1. The van der Waals surface area contributed by atoms with Gasteiger partial charge in [0.2, 0.25) is 10.0 Å². The van der Waals surface area contributed by atoms with Crippen LogP contribution >= 0.6 is 0 Å². The molecule has 2 aromatic carbocycles. The minimum absolute atomic E-state index is 0.0454. The molecule has 7 nitrogen and oxygen atoms in total. The first-order valence-electron chi connectivity index (χ1n) is 10.4. The molecule has 1 heterocycles. The number of benzene rings is 2. The Morgan fingerprint density at radius 1 is 1.06 bits per heavy atom. The number of para-hydroxylation sites is 1. The van der Waals surface area contributed by atoms with Gasteiger partial charge in [0.15, 0.2) is 0 Å². The molecule has 1 aliphatic heterocycles. The van der Waals surface area contributed by atoms with E-state index in [1.165, 1.54) is 10.4 Å². The van der Waals surface area contributed by atoms with Crippen LogP contribution in [0.1, 0.15) is 23.7 Å². The summed E-state index contributed by atoms with van der Waals surface area (Å²) in [5.41, 5.74) is 0.993. The summed E-state index contributed by atoms with van der Waals surface area (Å²) in [5, 5.41) is 2.75. The Balaban J connectivity index is 1.42. The van der Waals surface area contributed by atoms with Crippen LogP contribution < -0.4 is 15.0 Å². The van der Waals surface area contributed by atoms with Gasteiger partial charge in [0, 0.05) is 38.3 Å². The van der Waals surface area contributed by atoms with E-state index < -0.39 is 10.0 Å². The van der Waals surface area contributed by atoms with Gasteiger partial charge in [0.1, 0.15) is 11.6 Å². The Morgan fingerprint density at radius 2 is 1.74 bits per heavy atom. The fourth-order valence-corrected chi connectivity index (χ4v) is 4.96. The van der Waals surface area contributed by atoms with Crippen LogP contribution in [0.3, 0.4) is 0 Å². The fourth-order valence-electron chi connectivity index (χ4n) is 3.47. The summed E-state index contributed by atoms with van der Waals surface area (Å²) in [5.74, 6) is 0.0947. The van der Waals surface area contributed by atoms with Crippen LogP contribution in [-0.4, -0.2) is 63.7 Å². The van der Waals surface area contributed by atoms with Crippen molar-refractivity contribution in [1.82, 2.24) is 9.62 Å².